The Labute approximate surface area is 118 Å². The molecular weight excluding hydrogens is 260 g/mol. The van der Waals surface area contributed by atoms with Crippen molar-refractivity contribution in [2.45, 2.75) is 51.5 Å². The minimum Gasteiger partial charge on any atom is -0.309 e. The van der Waals surface area contributed by atoms with Crippen LogP contribution in [0.15, 0.2) is 0 Å². The predicted octanol–water partition coefficient (Wildman–Crippen LogP) is 3.57. The Bertz CT molecular complexity index is 594. The number of hydrogen-bond acceptors (Lipinski definition) is 2. The molecule has 5 heteroatoms. The molecule has 1 saturated carbocycles. The van der Waals surface area contributed by atoms with Crippen molar-refractivity contribution in [2.75, 3.05) is 0 Å². The lowest BCUT2D eigenvalue weighted by Crippen LogP contribution is -2.14. The van der Waals surface area contributed by atoms with E-state index in [9.17, 15) is 0 Å². The summed E-state index contributed by atoms with van der Waals surface area (Å²) in [6, 6.07) is 0.501. The molecule has 4 nitrogen and oxygen atoms in total. The van der Waals surface area contributed by atoms with Crippen LogP contribution >= 0.6 is 11.6 Å². The summed E-state index contributed by atoms with van der Waals surface area (Å²) in [5.74, 6) is 2.36. The summed E-state index contributed by atoms with van der Waals surface area (Å²) >= 11 is 6.11. The van der Waals surface area contributed by atoms with Crippen LogP contribution in [0.25, 0.3) is 11.2 Å². The summed E-state index contributed by atoms with van der Waals surface area (Å²) in [6.45, 7) is 4.26. The zero-order valence-corrected chi connectivity index (χ0v) is 12.6. The van der Waals surface area contributed by atoms with Crippen molar-refractivity contribution in [1.82, 2.24) is 19.3 Å². The third-order valence-electron chi connectivity index (χ3n) is 4.17. The molecule has 1 unspecified atom stereocenters. The van der Waals surface area contributed by atoms with Gasteiger partial charge < -0.3 is 4.57 Å². The van der Waals surface area contributed by atoms with Crippen LogP contribution in [0, 0.1) is 12.8 Å². The first-order valence-corrected chi connectivity index (χ1v) is 7.65. The van der Waals surface area contributed by atoms with Gasteiger partial charge in [-0.05, 0) is 25.7 Å². The molecule has 2 aromatic heterocycles. The second-order valence-corrected chi connectivity index (χ2v) is 5.92. The van der Waals surface area contributed by atoms with Crippen LogP contribution in [0.4, 0.5) is 0 Å². The average Bonchev–Trinajstić information content (AvgIpc) is 3.06. The highest BCUT2D eigenvalue weighted by molar-refractivity contribution is 6.16. The largest absolute Gasteiger partial charge is 0.309 e. The third-order valence-corrected chi connectivity index (χ3v) is 4.41. The molecule has 0 N–H and O–H groups in total. The van der Waals surface area contributed by atoms with E-state index in [1.54, 1.807) is 0 Å². The molecular formula is C14H21ClN4. The number of fused-ring (bicyclic) bond motifs is 1. The van der Waals surface area contributed by atoms with Crippen LogP contribution in [-0.2, 0) is 12.9 Å². The molecule has 104 valence electrons. The number of hydrogen-bond donors (Lipinski definition) is 0. The molecule has 2 aromatic rings. The summed E-state index contributed by atoms with van der Waals surface area (Å²) < 4.78 is 4.28. The molecule has 0 bridgehead atoms. The number of rotatable bonds is 5. The first-order chi connectivity index (χ1) is 9.15. The molecule has 1 aliphatic carbocycles. The van der Waals surface area contributed by atoms with Gasteiger partial charge in [-0.15, -0.1) is 11.6 Å². The summed E-state index contributed by atoms with van der Waals surface area (Å²) in [5.41, 5.74) is 3.12. The Balaban J connectivity index is 2.12. The van der Waals surface area contributed by atoms with Gasteiger partial charge >= 0.3 is 0 Å². The third kappa shape index (κ3) is 2.16. The van der Waals surface area contributed by atoms with Crippen molar-refractivity contribution < 1.29 is 0 Å². The summed E-state index contributed by atoms with van der Waals surface area (Å²) in [4.78, 5) is 4.70. The fourth-order valence-corrected chi connectivity index (χ4v) is 3.20. The van der Waals surface area contributed by atoms with E-state index in [4.69, 9.17) is 16.6 Å². The summed E-state index contributed by atoms with van der Waals surface area (Å²) in [5, 5.41) is 4.49. The van der Waals surface area contributed by atoms with E-state index in [0.717, 1.165) is 35.0 Å². The van der Waals surface area contributed by atoms with Crippen LogP contribution in [-0.4, -0.2) is 19.3 Å². The van der Waals surface area contributed by atoms with Gasteiger partial charge in [-0.2, -0.15) is 5.10 Å². The number of alkyl halides is 1. The van der Waals surface area contributed by atoms with E-state index in [2.05, 4.69) is 16.6 Å². The van der Waals surface area contributed by atoms with Gasteiger partial charge in [0.15, 0.2) is 5.65 Å². The predicted molar refractivity (Wildman–Crippen MR) is 77.5 cm³/mol. The minimum absolute atomic E-state index is 0.468. The van der Waals surface area contributed by atoms with Crippen LogP contribution < -0.4 is 0 Å². The average molecular weight is 281 g/mol. The van der Waals surface area contributed by atoms with Crippen molar-refractivity contribution in [3.63, 3.8) is 0 Å². The number of halogens is 1. The van der Waals surface area contributed by atoms with Gasteiger partial charge in [0, 0.05) is 13.1 Å². The first kappa shape index (κ1) is 13.0. The molecule has 0 saturated heterocycles. The Kier molecular flexibility index (Phi) is 3.29. The lowest BCUT2D eigenvalue weighted by Gasteiger charge is -2.19. The van der Waals surface area contributed by atoms with Crippen LogP contribution in [0.5, 0.6) is 0 Å². The van der Waals surface area contributed by atoms with Crippen LogP contribution in [0.3, 0.4) is 0 Å². The quantitative estimate of drug-likeness (QED) is 0.785. The molecule has 0 aromatic carbocycles. The highest BCUT2D eigenvalue weighted by Crippen LogP contribution is 2.39. The molecule has 0 aliphatic heterocycles. The van der Waals surface area contributed by atoms with E-state index in [1.165, 1.54) is 19.3 Å². The second-order valence-electron chi connectivity index (χ2n) is 5.65. The lowest BCUT2D eigenvalue weighted by molar-refractivity contribution is 0.423. The molecule has 0 radical (unpaired) electrons. The molecule has 3 rings (SSSR count). The maximum absolute atomic E-state index is 6.11. The van der Waals surface area contributed by atoms with Crippen molar-refractivity contribution >= 4 is 22.8 Å². The molecule has 19 heavy (non-hydrogen) atoms. The summed E-state index contributed by atoms with van der Waals surface area (Å²) in [6.07, 6.45) is 5.13. The number of aromatic nitrogens is 4. The smallest absolute Gasteiger partial charge is 0.158 e. The highest BCUT2D eigenvalue weighted by atomic mass is 35.5. The molecule has 2 heterocycles. The fourth-order valence-electron chi connectivity index (χ4n) is 3.01. The SMILES string of the molecule is CCC(CC1CC1)n1c(CCl)nc2c(C)nn(C)c21. The van der Waals surface area contributed by atoms with Crippen molar-refractivity contribution in [1.29, 1.82) is 0 Å². The molecule has 1 fully saturated rings. The molecule has 1 atom stereocenters. The molecule has 0 spiro atoms. The zero-order chi connectivity index (χ0) is 13.6. The van der Waals surface area contributed by atoms with Gasteiger partial charge in [0.2, 0.25) is 0 Å². The van der Waals surface area contributed by atoms with Gasteiger partial charge in [0.25, 0.3) is 0 Å². The Morgan fingerprint density at radius 3 is 2.74 bits per heavy atom. The Morgan fingerprint density at radius 2 is 2.16 bits per heavy atom. The number of aryl methyl sites for hydroxylation is 2. The van der Waals surface area contributed by atoms with Crippen LogP contribution in [0.1, 0.15) is 50.2 Å². The minimum atomic E-state index is 0.468. The van der Waals surface area contributed by atoms with Gasteiger partial charge in [-0.1, -0.05) is 19.8 Å². The number of imidazole rings is 1. The van der Waals surface area contributed by atoms with Gasteiger partial charge in [0.1, 0.15) is 11.3 Å². The van der Waals surface area contributed by atoms with Crippen molar-refractivity contribution in [2.24, 2.45) is 13.0 Å². The molecule has 0 amide bonds. The Hall–Kier alpha value is -1.03. The highest BCUT2D eigenvalue weighted by Gasteiger charge is 2.28. The zero-order valence-electron chi connectivity index (χ0n) is 11.9. The van der Waals surface area contributed by atoms with E-state index in [-0.39, 0.29) is 0 Å². The van der Waals surface area contributed by atoms with Crippen molar-refractivity contribution in [3.8, 4) is 0 Å². The van der Waals surface area contributed by atoms with E-state index in [1.807, 2.05) is 18.7 Å². The summed E-state index contributed by atoms with van der Waals surface area (Å²) in [7, 11) is 2.00. The monoisotopic (exact) mass is 280 g/mol. The normalized spacial score (nSPS) is 17.3. The Morgan fingerprint density at radius 1 is 1.42 bits per heavy atom. The maximum atomic E-state index is 6.11. The molecule has 1 aliphatic rings. The van der Waals surface area contributed by atoms with Gasteiger partial charge in [-0.3, -0.25) is 4.68 Å². The maximum Gasteiger partial charge on any atom is 0.158 e. The second kappa shape index (κ2) is 4.82. The number of nitrogens with zero attached hydrogens (tertiary/aromatic N) is 4. The van der Waals surface area contributed by atoms with E-state index >= 15 is 0 Å². The lowest BCUT2D eigenvalue weighted by atomic mass is 10.1. The van der Waals surface area contributed by atoms with Gasteiger partial charge in [-0.25, -0.2) is 4.98 Å². The fraction of sp³-hybridized carbons (Fsp3) is 0.714. The van der Waals surface area contributed by atoms with E-state index in [0.29, 0.717) is 11.9 Å². The van der Waals surface area contributed by atoms with Crippen molar-refractivity contribution in [3.05, 3.63) is 11.5 Å². The van der Waals surface area contributed by atoms with E-state index < -0.39 is 0 Å². The topological polar surface area (TPSA) is 35.6 Å². The van der Waals surface area contributed by atoms with Crippen LogP contribution in [0.2, 0.25) is 0 Å². The first-order valence-electron chi connectivity index (χ1n) is 7.12. The van der Waals surface area contributed by atoms with Gasteiger partial charge in [0.05, 0.1) is 11.6 Å². The standard InChI is InChI=1S/C14H21ClN4/c1-4-11(7-10-5-6-10)19-12(8-15)16-13-9(2)17-18(3)14(13)19/h10-11H,4-8H2,1-3H3.